The van der Waals surface area contributed by atoms with Crippen LogP contribution in [0, 0.1) is 0 Å². The number of quaternary nitrogens is 1. The largest absolute Gasteiger partial charge is 0.477 e. The topological polar surface area (TPSA) is 57.5 Å². The summed E-state index contributed by atoms with van der Waals surface area (Å²) in [7, 11) is 0. The van der Waals surface area contributed by atoms with Crippen molar-refractivity contribution in [2.75, 3.05) is 19.6 Å². The molecule has 0 heterocycles. The molecule has 4 heteroatoms. The summed E-state index contributed by atoms with van der Waals surface area (Å²) in [6, 6.07) is -0.492. The lowest BCUT2D eigenvalue weighted by Gasteiger charge is -2.41. The maximum atomic E-state index is 11.2. The van der Waals surface area contributed by atoms with Crippen molar-refractivity contribution >= 4 is 5.97 Å². The molecule has 0 saturated heterocycles. The molecular formula is C15H30NO3+. The van der Waals surface area contributed by atoms with E-state index in [2.05, 4.69) is 6.92 Å². The number of rotatable bonds is 10. The Morgan fingerprint density at radius 1 is 1.26 bits per heavy atom. The molecule has 112 valence electrons. The van der Waals surface area contributed by atoms with Gasteiger partial charge in [0.25, 0.3) is 0 Å². The zero-order valence-electron chi connectivity index (χ0n) is 12.8. The van der Waals surface area contributed by atoms with E-state index in [0.717, 1.165) is 19.3 Å². The second-order valence-corrected chi connectivity index (χ2v) is 5.19. The van der Waals surface area contributed by atoms with Crippen molar-refractivity contribution in [1.82, 2.24) is 0 Å². The Hall–Kier alpha value is -0.870. The van der Waals surface area contributed by atoms with E-state index < -0.39 is 18.1 Å². The SMILES string of the molecule is CCCC/C=C/C(O)C[N+](CC)(CC)C(C)C(=O)O. The number of carboxylic acid groups (broad SMARTS) is 1. The number of carbonyl (C=O) groups is 1. The molecule has 19 heavy (non-hydrogen) atoms. The molecule has 0 radical (unpaired) electrons. The van der Waals surface area contributed by atoms with Gasteiger partial charge in [0, 0.05) is 0 Å². The van der Waals surface area contributed by atoms with Crippen LogP contribution in [0.1, 0.15) is 47.0 Å². The average molecular weight is 272 g/mol. The summed E-state index contributed by atoms with van der Waals surface area (Å²) in [5, 5.41) is 19.3. The van der Waals surface area contributed by atoms with E-state index >= 15 is 0 Å². The van der Waals surface area contributed by atoms with Crippen molar-refractivity contribution in [2.45, 2.75) is 59.1 Å². The van der Waals surface area contributed by atoms with Crippen LogP contribution in [0.2, 0.25) is 0 Å². The molecule has 0 aromatic rings. The standard InChI is InChI=1S/C15H29NO3/c1-5-8-9-10-11-14(17)12-16(6-2,7-3)13(4)15(18)19/h10-11,13-14,17H,5-9,12H2,1-4H3/p+1/b11-10+. The van der Waals surface area contributed by atoms with Gasteiger partial charge in [0.15, 0.2) is 6.04 Å². The normalized spacial score (nSPS) is 15.6. The van der Waals surface area contributed by atoms with Crippen molar-refractivity contribution < 1.29 is 19.5 Å². The first-order valence-electron chi connectivity index (χ1n) is 7.36. The molecule has 0 rings (SSSR count). The molecule has 2 N–H and O–H groups in total. The molecule has 0 bridgehead atoms. The van der Waals surface area contributed by atoms with Crippen molar-refractivity contribution in [3.8, 4) is 0 Å². The molecule has 2 unspecified atom stereocenters. The lowest BCUT2D eigenvalue weighted by atomic mass is 10.1. The predicted octanol–water partition coefficient (Wildman–Crippen LogP) is 2.42. The van der Waals surface area contributed by atoms with Crippen molar-refractivity contribution in [2.24, 2.45) is 0 Å². The number of hydrogen-bond acceptors (Lipinski definition) is 2. The van der Waals surface area contributed by atoms with Gasteiger partial charge in [-0.1, -0.05) is 31.9 Å². The monoisotopic (exact) mass is 272 g/mol. The highest BCUT2D eigenvalue weighted by Gasteiger charge is 2.37. The predicted molar refractivity (Wildman–Crippen MR) is 78.0 cm³/mol. The third-order valence-corrected chi connectivity index (χ3v) is 4.07. The Balaban J connectivity index is 4.65. The van der Waals surface area contributed by atoms with Crippen molar-refractivity contribution in [3.05, 3.63) is 12.2 Å². The highest BCUT2D eigenvalue weighted by atomic mass is 16.4. The lowest BCUT2D eigenvalue weighted by molar-refractivity contribution is -0.940. The molecule has 0 spiro atoms. The molecule has 4 nitrogen and oxygen atoms in total. The van der Waals surface area contributed by atoms with E-state index in [1.807, 2.05) is 26.0 Å². The average Bonchev–Trinajstić information content (AvgIpc) is 2.40. The fraction of sp³-hybridized carbons (Fsp3) is 0.800. The van der Waals surface area contributed by atoms with Gasteiger partial charge in [-0.05, 0) is 27.2 Å². The lowest BCUT2D eigenvalue weighted by Crippen LogP contribution is -2.59. The van der Waals surface area contributed by atoms with Gasteiger partial charge in [-0.15, -0.1) is 0 Å². The molecule has 0 aromatic heterocycles. The number of nitrogens with zero attached hydrogens (tertiary/aromatic N) is 1. The van der Waals surface area contributed by atoms with Gasteiger partial charge in [0.1, 0.15) is 12.6 Å². The van der Waals surface area contributed by atoms with Crippen LogP contribution in [0.3, 0.4) is 0 Å². The Bertz CT molecular complexity index is 285. The van der Waals surface area contributed by atoms with Crippen LogP contribution in [0.15, 0.2) is 12.2 Å². The quantitative estimate of drug-likeness (QED) is 0.365. The van der Waals surface area contributed by atoms with E-state index in [1.165, 1.54) is 0 Å². The van der Waals surface area contributed by atoms with E-state index in [1.54, 1.807) is 6.92 Å². The third-order valence-electron chi connectivity index (χ3n) is 4.07. The molecule has 0 fully saturated rings. The van der Waals surface area contributed by atoms with Crippen LogP contribution in [-0.2, 0) is 4.79 Å². The van der Waals surface area contributed by atoms with Crippen LogP contribution in [0.4, 0.5) is 0 Å². The second-order valence-electron chi connectivity index (χ2n) is 5.19. The number of aliphatic carboxylic acids is 1. The first-order chi connectivity index (χ1) is 8.93. The minimum atomic E-state index is -0.800. The molecule has 0 aliphatic carbocycles. The van der Waals surface area contributed by atoms with Gasteiger partial charge >= 0.3 is 5.97 Å². The molecule has 2 atom stereocenters. The summed E-state index contributed by atoms with van der Waals surface area (Å²) in [6.45, 7) is 9.71. The van der Waals surface area contributed by atoms with Crippen LogP contribution >= 0.6 is 0 Å². The Labute approximate surface area is 117 Å². The molecule has 0 amide bonds. The van der Waals surface area contributed by atoms with E-state index in [9.17, 15) is 15.0 Å². The summed E-state index contributed by atoms with van der Waals surface area (Å²) in [5.41, 5.74) is 0. The molecule has 0 aromatic carbocycles. The highest BCUT2D eigenvalue weighted by Crippen LogP contribution is 2.16. The van der Waals surface area contributed by atoms with Gasteiger partial charge in [0.2, 0.25) is 0 Å². The number of likely N-dealkylation sites (N-methyl/N-ethyl adjacent to an activating group) is 1. The fourth-order valence-electron chi connectivity index (χ4n) is 2.43. The van der Waals surface area contributed by atoms with Gasteiger partial charge in [-0.2, -0.15) is 0 Å². The second kappa shape index (κ2) is 9.10. The van der Waals surface area contributed by atoms with Crippen LogP contribution in [0.25, 0.3) is 0 Å². The van der Waals surface area contributed by atoms with E-state index in [4.69, 9.17) is 0 Å². The number of aliphatic hydroxyl groups is 1. The van der Waals surface area contributed by atoms with Gasteiger partial charge in [0.05, 0.1) is 13.1 Å². The van der Waals surface area contributed by atoms with Gasteiger partial charge < -0.3 is 14.7 Å². The smallest absolute Gasteiger partial charge is 0.362 e. The number of unbranched alkanes of at least 4 members (excludes halogenated alkanes) is 2. The van der Waals surface area contributed by atoms with Gasteiger partial charge in [-0.25, -0.2) is 4.79 Å². The number of aliphatic hydroxyl groups excluding tert-OH is 1. The van der Waals surface area contributed by atoms with Crippen molar-refractivity contribution in [1.29, 1.82) is 0 Å². The highest BCUT2D eigenvalue weighted by molar-refractivity contribution is 5.71. The Morgan fingerprint density at radius 2 is 1.84 bits per heavy atom. The van der Waals surface area contributed by atoms with Crippen molar-refractivity contribution in [3.63, 3.8) is 0 Å². The molecule has 0 aliphatic heterocycles. The third kappa shape index (κ3) is 5.74. The maximum Gasteiger partial charge on any atom is 0.362 e. The maximum absolute atomic E-state index is 11.2. The number of hydrogen-bond donors (Lipinski definition) is 2. The van der Waals surface area contributed by atoms with E-state index in [0.29, 0.717) is 24.1 Å². The minimum Gasteiger partial charge on any atom is -0.477 e. The zero-order chi connectivity index (χ0) is 14.9. The fourth-order valence-corrected chi connectivity index (χ4v) is 2.43. The Kier molecular flexibility index (Phi) is 8.68. The van der Waals surface area contributed by atoms with Crippen LogP contribution < -0.4 is 0 Å². The number of allylic oxidation sites excluding steroid dienone is 1. The minimum absolute atomic E-state index is 0.411. The first-order valence-corrected chi connectivity index (χ1v) is 7.36. The van der Waals surface area contributed by atoms with Crippen LogP contribution in [0.5, 0.6) is 0 Å². The molecule has 0 saturated carbocycles. The summed E-state index contributed by atoms with van der Waals surface area (Å²) in [6.07, 6.45) is 6.47. The molecular weight excluding hydrogens is 242 g/mol. The first kappa shape index (κ1) is 18.1. The molecule has 0 aliphatic rings. The number of carboxylic acids is 1. The van der Waals surface area contributed by atoms with Gasteiger partial charge in [-0.3, -0.25) is 0 Å². The summed E-state index contributed by atoms with van der Waals surface area (Å²) < 4.78 is 0.411. The van der Waals surface area contributed by atoms with E-state index in [-0.39, 0.29) is 0 Å². The Morgan fingerprint density at radius 3 is 2.26 bits per heavy atom. The summed E-state index contributed by atoms with van der Waals surface area (Å²) >= 11 is 0. The summed E-state index contributed by atoms with van der Waals surface area (Å²) in [5.74, 6) is -0.800. The summed E-state index contributed by atoms with van der Waals surface area (Å²) in [4.78, 5) is 11.2. The zero-order valence-corrected chi connectivity index (χ0v) is 12.8. The van der Waals surface area contributed by atoms with Crippen LogP contribution in [-0.4, -0.2) is 52.4 Å².